The Hall–Kier alpha value is -11.0. The molecular formula is C76H48F3N5. The SMILES string of the molecule is FC(F)(F)c1ccc(-n2c3ccc(-c4ccccc4)cc3c3cc(-c4ccccc4)ccc32)cc1-c1cc(-c2nc(-c3ccccc3)nc(-c3ccccc3)n2)ccc1-n1c2ccc(-c3ccccc3)cc2c2cc(-c3ccccc3)ccc21. The molecule has 15 aromatic rings. The van der Waals surface area contributed by atoms with Crippen molar-refractivity contribution in [3.05, 3.63) is 297 Å². The molecule has 3 aromatic heterocycles. The predicted molar refractivity (Wildman–Crippen MR) is 337 cm³/mol. The highest BCUT2D eigenvalue weighted by Gasteiger charge is 2.35. The third-order valence-electron chi connectivity index (χ3n) is 16.0. The number of fused-ring (bicyclic) bond motifs is 6. The number of hydrogen-bond donors (Lipinski definition) is 0. The molecule has 0 atom stereocenters. The highest BCUT2D eigenvalue weighted by atomic mass is 19.4. The van der Waals surface area contributed by atoms with Gasteiger partial charge in [0.15, 0.2) is 17.5 Å². The van der Waals surface area contributed by atoms with Crippen molar-refractivity contribution in [2.24, 2.45) is 0 Å². The summed E-state index contributed by atoms with van der Waals surface area (Å²) in [7, 11) is 0. The van der Waals surface area contributed by atoms with E-state index in [0.717, 1.165) is 99.2 Å². The van der Waals surface area contributed by atoms with E-state index in [1.54, 1.807) is 12.1 Å². The van der Waals surface area contributed by atoms with Crippen molar-refractivity contribution >= 4 is 43.6 Å². The van der Waals surface area contributed by atoms with Gasteiger partial charge < -0.3 is 9.13 Å². The van der Waals surface area contributed by atoms with Gasteiger partial charge in [-0.3, -0.25) is 0 Å². The van der Waals surface area contributed by atoms with E-state index >= 15 is 13.2 Å². The van der Waals surface area contributed by atoms with Crippen molar-refractivity contribution in [3.63, 3.8) is 0 Å². The topological polar surface area (TPSA) is 48.5 Å². The second-order valence-corrected chi connectivity index (χ2v) is 21.1. The zero-order valence-electron chi connectivity index (χ0n) is 45.1. The van der Waals surface area contributed by atoms with Crippen molar-refractivity contribution in [2.75, 3.05) is 0 Å². The molecule has 0 bridgehead atoms. The van der Waals surface area contributed by atoms with E-state index in [0.29, 0.717) is 40.0 Å². The molecule has 0 saturated carbocycles. The first-order valence-electron chi connectivity index (χ1n) is 27.9. The molecule has 15 rings (SSSR count). The molecule has 5 nitrogen and oxygen atoms in total. The first-order valence-corrected chi connectivity index (χ1v) is 27.9. The van der Waals surface area contributed by atoms with E-state index in [4.69, 9.17) is 15.0 Å². The molecule has 8 heteroatoms. The molecular weight excluding hydrogens is 1040 g/mol. The van der Waals surface area contributed by atoms with E-state index in [1.165, 1.54) is 6.07 Å². The summed E-state index contributed by atoms with van der Waals surface area (Å²) in [6, 6.07) is 96.1. The lowest BCUT2D eigenvalue weighted by atomic mass is 9.94. The Labute approximate surface area is 482 Å². The smallest absolute Gasteiger partial charge is 0.309 e. The second kappa shape index (κ2) is 20.5. The van der Waals surface area contributed by atoms with Gasteiger partial charge in [0.05, 0.1) is 33.3 Å². The third-order valence-corrected chi connectivity index (χ3v) is 16.0. The van der Waals surface area contributed by atoms with Crippen LogP contribution in [-0.2, 0) is 6.18 Å². The standard InChI is InChI=1S/C76H48F3N5/c77-76(78,79)67-37-36-60(83-68-38-31-55(49-19-7-1-8-20-49)43-63(68)64-44-56(32-39-69(64)83)50-21-9-2-10-22-50)48-61(67)62-47-59(75-81-73(53-27-15-5-16-28-53)80-74(82-75)54-29-17-6-18-30-54)35-42-70(62)84-71-40-33-57(51-23-11-3-12-24-51)45-65(71)66-46-58(34-41-72(66)84)52-25-13-4-14-26-52/h1-48H. The predicted octanol–water partition coefficient (Wildman–Crippen LogP) is 20.4. The number of benzene rings is 12. The lowest BCUT2D eigenvalue weighted by molar-refractivity contribution is -0.137. The average molecular weight is 1090 g/mol. The van der Waals surface area contributed by atoms with Gasteiger partial charge in [-0.1, -0.05) is 206 Å². The molecule has 0 spiro atoms. The van der Waals surface area contributed by atoms with Crippen molar-refractivity contribution in [2.45, 2.75) is 6.18 Å². The van der Waals surface area contributed by atoms with Crippen LogP contribution in [0.15, 0.2) is 291 Å². The Kier molecular flexibility index (Phi) is 12.2. The summed E-state index contributed by atoms with van der Waals surface area (Å²) < 4.78 is 53.3. The fourth-order valence-electron chi connectivity index (χ4n) is 12.0. The number of nitrogens with zero attached hydrogens (tertiary/aromatic N) is 5. The Balaban J connectivity index is 1.02. The lowest BCUT2D eigenvalue weighted by Crippen LogP contribution is -2.10. The van der Waals surface area contributed by atoms with Crippen LogP contribution in [-0.4, -0.2) is 24.1 Å². The van der Waals surface area contributed by atoms with Gasteiger partial charge in [-0.05, 0) is 135 Å². The third kappa shape index (κ3) is 8.98. The molecule has 398 valence electrons. The molecule has 0 unspecified atom stereocenters. The Morgan fingerprint density at radius 2 is 0.571 bits per heavy atom. The molecule has 0 amide bonds. The molecule has 0 N–H and O–H groups in total. The van der Waals surface area contributed by atoms with Crippen LogP contribution in [0.5, 0.6) is 0 Å². The van der Waals surface area contributed by atoms with Gasteiger partial charge in [0.1, 0.15) is 0 Å². The fraction of sp³-hybridized carbons (Fsp3) is 0.0132. The zero-order chi connectivity index (χ0) is 56.3. The van der Waals surface area contributed by atoms with Gasteiger partial charge in [0.2, 0.25) is 0 Å². The van der Waals surface area contributed by atoms with Gasteiger partial charge in [-0.15, -0.1) is 0 Å². The summed E-state index contributed by atoms with van der Waals surface area (Å²) in [6.45, 7) is 0. The van der Waals surface area contributed by atoms with Crippen LogP contribution >= 0.6 is 0 Å². The number of hydrogen-bond acceptors (Lipinski definition) is 3. The highest BCUT2D eigenvalue weighted by Crippen LogP contribution is 2.46. The fourth-order valence-corrected chi connectivity index (χ4v) is 12.0. The number of rotatable bonds is 10. The monoisotopic (exact) mass is 1090 g/mol. The molecule has 12 aromatic carbocycles. The molecule has 0 saturated heterocycles. The van der Waals surface area contributed by atoms with Crippen molar-refractivity contribution < 1.29 is 13.2 Å². The first-order chi connectivity index (χ1) is 41.3. The Morgan fingerprint density at radius 3 is 0.929 bits per heavy atom. The van der Waals surface area contributed by atoms with Crippen molar-refractivity contribution in [1.82, 2.24) is 24.1 Å². The number of halogens is 3. The van der Waals surface area contributed by atoms with Gasteiger partial charge in [-0.2, -0.15) is 13.2 Å². The van der Waals surface area contributed by atoms with Crippen LogP contribution in [0.1, 0.15) is 5.56 Å². The van der Waals surface area contributed by atoms with E-state index < -0.39 is 11.7 Å². The summed E-state index contributed by atoms with van der Waals surface area (Å²) in [4.78, 5) is 15.2. The van der Waals surface area contributed by atoms with Crippen LogP contribution in [0, 0.1) is 0 Å². The second-order valence-electron chi connectivity index (χ2n) is 21.1. The van der Waals surface area contributed by atoms with Gasteiger partial charge in [0.25, 0.3) is 0 Å². The minimum atomic E-state index is -4.78. The first kappa shape index (κ1) is 50.0. The molecule has 0 radical (unpaired) electrons. The minimum absolute atomic E-state index is 0.00825. The molecule has 3 heterocycles. The molecule has 0 fully saturated rings. The maximum Gasteiger partial charge on any atom is 0.417 e. The summed E-state index contributed by atoms with van der Waals surface area (Å²) >= 11 is 0. The molecule has 0 aliphatic rings. The van der Waals surface area contributed by atoms with Crippen molar-refractivity contribution in [1.29, 1.82) is 0 Å². The van der Waals surface area contributed by atoms with E-state index in [-0.39, 0.29) is 5.56 Å². The molecule has 0 aliphatic heterocycles. The quantitative estimate of drug-likeness (QED) is 0.137. The maximum atomic E-state index is 16.4. The lowest BCUT2D eigenvalue weighted by Gasteiger charge is -2.21. The Bertz CT molecular complexity index is 4710. The van der Waals surface area contributed by atoms with Gasteiger partial charge >= 0.3 is 6.18 Å². The average Bonchev–Trinajstić information content (AvgIpc) is 1.79. The van der Waals surface area contributed by atoms with Crippen LogP contribution in [0.4, 0.5) is 13.2 Å². The number of alkyl halides is 3. The van der Waals surface area contributed by atoms with Crippen LogP contribution in [0.3, 0.4) is 0 Å². The zero-order valence-corrected chi connectivity index (χ0v) is 45.1. The highest BCUT2D eigenvalue weighted by molar-refractivity contribution is 6.13. The summed E-state index contributed by atoms with van der Waals surface area (Å²) in [5, 5.41) is 3.86. The van der Waals surface area contributed by atoms with E-state index in [9.17, 15) is 0 Å². The van der Waals surface area contributed by atoms with Crippen LogP contribution < -0.4 is 0 Å². The van der Waals surface area contributed by atoms with Crippen LogP contribution in [0.2, 0.25) is 0 Å². The van der Waals surface area contributed by atoms with E-state index in [1.807, 2.05) is 152 Å². The normalized spacial score (nSPS) is 11.8. The minimum Gasteiger partial charge on any atom is -0.309 e. The summed E-state index contributed by atoms with van der Waals surface area (Å²) in [5.74, 6) is 1.19. The molecule has 84 heavy (non-hydrogen) atoms. The van der Waals surface area contributed by atoms with Crippen molar-refractivity contribution in [3.8, 4) is 101 Å². The summed E-state index contributed by atoms with van der Waals surface area (Å²) in [6.07, 6.45) is -4.78. The van der Waals surface area contributed by atoms with Crippen LogP contribution in [0.25, 0.3) is 145 Å². The maximum absolute atomic E-state index is 16.4. The number of aromatic nitrogens is 5. The van der Waals surface area contributed by atoms with Gasteiger partial charge in [0, 0.05) is 49.5 Å². The molecule has 0 aliphatic carbocycles. The largest absolute Gasteiger partial charge is 0.417 e. The van der Waals surface area contributed by atoms with Gasteiger partial charge in [-0.25, -0.2) is 15.0 Å². The Morgan fingerprint density at radius 1 is 0.250 bits per heavy atom. The summed E-state index contributed by atoms with van der Waals surface area (Å²) in [5.41, 5.74) is 14.4. The van der Waals surface area contributed by atoms with E-state index in [2.05, 4.69) is 130 Å².